The molecule has 2 amide bonds. The van der Waals surface area contributed by atoms with Crippen molar-refractivity contribution in [2.24, 2.45) is 11.8 Å². The van der Waals surface area contributed by atoms with Crippen LogP contribution in [0.4, 0.5) is 5.69 Å². The predicted octanol–water partition coefficient (Wildman–Crippen LogP) is 2.37. The molecule has 178 valence electrons. The quantitative estimate of drug-likeness (QED) is 0.353. The number of hydrogen-bond donors (Lipinski definition) is 0. The number of imide groups is 1. The van der Waals surface area contributed by atoms with Crippen LogP contribution in [-0.4, -0.2) is 83.9 Å². The van der Waals surface area contributed by atoms with Crippen LogP contribution in [0.2, 0.25) is 0 Å². The van der Waals surface area contributed by atoms with E-state index in [2.05, 4.69) is 23.6 Å². The van der Waals surface area contributed by atoms with Crippen molar-refractivity contribution in [2.75, 3.05) is 52.5 Å². The van der Waals surface area contributed by atoms with Crippen molar-refractivity contribution in [2.45, 2.75) is 26.7 Å². The van der Waals surface area contributed by atoms with Gasteiger partial charge in [0.2, 0.25) is 0 Å². The standard InChI is InChI=1S/C24H32N4O5/c1-17-14-18(2)16-26(15-17)22-21(19-4-6-20(7-5-19)28(31)32)23(29)27(24(22)30)9-3-8-25-10-12-33-13-11-25/h4-7,17-18H,3,8-16H2,1-2H3. The molecular weight excluding hydrogens is 424 g/mol. The summed E-state index contributed by atoms with van der Waals surface area (Å²) in [5.74, 6) is 0.267. The van der Waals surface area contributed by atoms with Gasteiger partial charge in [0.05, 0.1) is 23.7 Å². The first kappa shape index (κ1) is 23.4. The van der Waals surface area contributed by atoms with Crippen LogP contribution in [0, 0.1) is 22.0 Å². The molecule has 0 radical (unpaired) electrons. The van der Waals surface area contributed by atoms with Gasteiger partial charge in [0, 0.05) is 51.4 Å². The molecule has 2 saturated heterocycles. The van der Waals surface area contributed by atoms with Gasteiger partial charge in [-0.25, -0.2) is 0 Å². The van der Waals surface area contributed by atoms with Gasteiger partial charge in [-0.1, -0.05) is 13.8 Å². The summed E-state index contributed by atoms with van der Waals surface area (Å²) in [5.41, 5.74) is 1.32. The molecule has 0 aromatic heterocycles. The lowest BCUT2D eigenvalue weighted by atomic mass is 9.91. The molecule has 2 atom stereocenters. The van der Waals surface area contributed by atoms with E-state index >= 15 is 0 Å². The van der Waals surface area contributed by atoms with Crippen LogP contribution in [0.3, 0.4) is 0 Å². The molecule has 3 aliphatic heterocycles. The maximum atomic E-state index is 13.5. The van der Waals surface area contributed by atoms with Gasteiger partial charge in [0.15, 0.2) is 0 Å². The Kier molecular flexibility index (Phi) is 7.09. The Balaban J connectivity index is 1.59. The van der Waals surface area contributed by atoms with E-state index in [1.54, 1.807) is 12.1 Å². The highest BCUT2D eigenvalue weighted by atomic mass is 16.6. The van der Waals surface area contributed by atoms with Gasteiger partial charge in [-0.05, 0) is 42.4 Å². The fraction of sp³-hybridized carbons (Fsp3) is 0.583. The average molecular weight is 457 g/mol. The molecule has 1 aromatic rings. The molecule has 0 spiro atoms. The van der Waals surface area contributed by atoms with E-state index in [0.717, 1.165) is 39.1 Å². The number of hydrogen-bond acceptors (Lipinski definition) is 7. The highest BCUT2D eigenvalue weighted by molar-refractivity contribution is 6.35. The number of likely N-dealkylation sites (tertiary alicyclic amines) is 1. The van der Waals surface area contributed by atoms with Gasteiger partial charge in [0.1, 0.15) is 5.70 Å². The van der Waals surface area contributed by atoms with Crippen LogP contribution in [0.1, 0.15) is 32.3 Å². The van der Waals surface area contributed by atoms with E-state index in [1.807, 2.05) is 0 Å². The number of rotatable bonds is 7. The molecule has 3 heterocycles. The molecule has 3 aliphatic rings. The molecule has 0 aliphatic carbocycles. The molecular formula is C24H32N4O5. The minimum atomic E-state index is -0.466. The van der Waals surface area contributed by atoms with E-state index in [1.165, 1.54) is 17.0 Å². The SMILES string of the molecule is CC1CC(C)CN(C2=C(c3ccc([N+](=O)[O-])cc3)C(=O)N(CCCN3CCOCC3)C2=O)C1. The van der Waals surface area contributed by atoms with E-state index in [0.29, 0.717) is 54.8 Å². The second-order valence-electron chi connectivity index (χ2n) is 9.45. The molecule has 33 heavy (non-hydrogen) atoms. The van der Waals surface area contributed by atoms with Crippen LogP contribution in [0.25, 0.3) is 5.57 Å². The summed E-state index contributed by atoms with van der Waals surface area (Å²) in [6, 6.07) is 5.93. The lowest BCUT2D eigenvalue weighted by Crippen LogP contribution is -2.42. The first-order chi connectivity index (χ1) is 15.8. The van der Waals surface area contributed by atoms with Crippen LogP contribution in [-0.2, 0) is 14.3 Å². The number of nitro benzene ring substituents is 1. The zero-order valence-corrected chi connectivity index (χ0v) is 19.4. The second kappa shape index (κ2) is 10.0. The first-order valence-electron chi connectivity index (χ1n) is 11.8. The third-order valence-electron chi connectivity index (χ3n) is 6.66. The lowest BCUT2D eigenvalue weighted by molar-refractivity contribution is -0.384. The summed E-state index contributed by atoms with van der Waals surface area (Å²) in [4.78, 5) is 43.3. The normalized spacial score (nSPS) is 24.7. The highest BCUT2D eigenvalue weighted by Gasteiger charge is 2.42. The smallest absolute Gasteiger partial charge is 0.277 e. The van der Waals surface area contributed by atoms with Gasteiger partial charge in [-0.2, -0.15) is 0 Å². The topological polar surface area (TPSA) is 96.2 Å². The second-order valence-corrected chi connectivity index (χ2v) is 9.45. The molecule has 9 nitrogen and oxygen atoms in total. The van der Waals surface area contributed by atoms with Crippen molar-refractivity contribution >= 4 is 23.1 Å². The maximum absolute atomic E-state index is 13.5. The van der Waals surface area contributed by atoms with Gasteiger partial charge in [-0.15, -0.1) is 0 Å². The minimum absolute atomic E-state index is 0.0414. The summed E-state index contributed by atoms with van der Waals surface area (Å²) in [7, 11) is 0. The van der Waals surface area contributed by atoms with E-state index in [4.69, 9.17) is 4.74 Å². The number of nitro groups is 1. The van der Waals surface area contributed by atoms with Gasteiger partial charge < -0.3 is 9.64 Å². The van der Waals surface area contributed by atoms with Crippen LogP contribution in [0.15, 0.2) is 30.0 Å². The molecule has 4 rings (SSSR count). The minimum Gasteiger partial charge on any atom is -0.379 e. The monoisotopic (exact) mass is 456 g/mol. The third-order valence-corrected chi connectivity index (χ3v) is 6.66. The van der Waals surface area contributed by atoms with Crippen molar-refractivity contribution in [1.29, 1.82) is 0 Å². The number of amides is 2. The fourth-order valence-electron chi connectivity index (χ4n) is 5.19. The van der Waals surface area contributed by atoms with E-state index in [9.17, 15) is 19.7 Å². The Morgan fingerprint density at radius 3 is 2.24 bits per heavy atom. The number of benzene rings is 1. The zero-order chi connectivity index (χ0) is 23.5. The lowest BCUT2D eigenvalue weighted by Gasteiger charge is -2.37. The molecule has 2 unspecified atom stereocenters. The van der Waals surface area contributed by atoms with Crippen molar-refractivity contribution in [3.8, 4) is 0 Å². The summed E-state index contributed by atoms with van der Waals surface area (Å²) >= 11 is 0. The number of piperidine rings is 1. The van der Waals surface area contributed by atoms with Crippen LogP contribution in [0.5, 0.6) is 0 Å². The van der Waals surface area contributed by atoms with E-state index in [-0.39, 0.29) is 17.5 Å². The Bertz CT molecular complexity index is 929. The molecule has 1 aromatic carbocycles. The summed E-state index contributed by atoms with van der Waals surface area (Å²) in [6.45, 7) is 10.1. The Morgan fingerprint density at radius 2 is 1.64 bits per heavy atom. The average Bonchev–Trinajstić information content (AvgIpc) is 3.04. The summed E-state index contributed by atoms with van der Waals surface area (Å²) < 4.78 is 5.38. The van der Waals surface area contributed by atoms with Crippen molar-refractivity contribution in [3.63, 3.8) is 0 Å². The highest BCUT2D eigenvalue weighted by Crippen LogP contribution is 2.35. The van der Waals surface area contributed by atoms with Crippen LogP contribution >= 0.6 is 0 Å². The van der Waals surface area contributed by atoms with Crippen molar-refractivity contribution in [1.82, 2.24) is 14.7 Å². The van der Waals surface area contributed by atoms with Crippen LogP contribution < -0.4 is 0 Å². The number of nitrogens with zero attached hydrogens (tertiary/aromatic N) is 4. The largest absolute Gasteiger partial charge is 0.379 e. The Hall–Kier alpha value is -2.78. The Labute approximate surface area is 194 Å². The first-order valence-corrected chi connectivity index (χ1v) is 11.8. The van der Waals surface area contributed by atoms with E-state index < -0.39 is 4.92 Å². The maximum Gasteiger partial charge on any atom is 0.277 e. The van der Waals surface area contributed by atoms with Gasteiger partial charge >= 0.3 is 0 Å². The predicted molar refractivity (Wildman–Crippen MR) is 123 cm³/mol. The summed E-state index contributed by atoms with van der Waals surface area (Å²) in [6.07, 6.45) is 1.78. The fourth-order valence-corrected chi connectivity index (χ4v) is 5.19. The van der Waals surface area contributed by atoms with Crippen molar-refractivity contribution < 1.29 is 19.2 Å². The molecule has 0 N–H and O–H groups in total. The molecule has 2 fully saturated rings. The molecule has 9 heteroatoms. The van der Waals surface area contributed by atoms with Gasteiger partial charge in [0.25, 0.3) is 17.5 Å². The number of morpholine rings is 1. The Morgan fingerprint density at radius 1 is 1.00 bits per heavy atom. The van der Waals surface area contributed by atoms with Gasteiger partial charge in [-0.3, -0.25) is 29.5 Å². The van der Waals surface area contributed by atoms with Crippen molar-refractivity contribution in [3.05, 3.63) is 45.6 Å². The number of carbonyl (C=O) groups excluding carboxylic acids is 2. The third kappa shape index (κ3) is 5.09. The molecule has 0 saturated carbocycles. The zero-order valence-electron chi connectivity index (χ0n) is 19.4. The number of ether oxygens (including phenoxy) is 1. The molecule has 0 bridgehead atoms. The number of carbonyl (C=O) groups is 2. The number of non-ortho nitro benzene ring substituents is 1. The summed E-state index contributed by atoms with van der Waals surface area (Å²) in [5, 5.41) is 11.1.